The van der Waals surface area contributed by atoms with Crippen molar-refractivity contribution in [3.63, 3.8) is 0 Å². The molecule has 1 aromatic carbocycles. The maximum atomic E-state index is 4.86. The van der Waals surface area contributed by atoms with Crippen LogP contribution >= 0.6 is 27.7 Å². The number of nitrogens with zero attached hydrogens (tertiary/aromatic N) is 4. The van der Waals surface area contributed by atoms with Crippen LogP contribution in [0.15, 0.2) is 39.8 Å². The van der Waals surface area contributed by atoms with Gasteiger partial charge in [0.2, 0.25) is 0 Å². The molecular weight excluding hydrogens is 372 g/mol. The van der Waals surface area contributed by atoms with Gasteiger partial charge in [0, 0.05) is 41.3 Å². The van der Waals surface area contributed by atoms with Crippen molar-refractivity contribution in [2.75, 3.05) is 37.6 Å². The fourth-order valence-corrected chi connectivity index (χ4v) is 4.50. The molecule has 2 aromatic rings. The van der Waals surface area contributed by atoms with Crippen molar-refractivity contribution in [2.24, 2.45) is 4.99 Å². The minimum Gasteiger partial charge on any atom is -0.353 e. The van der Waals surface area contributed by atoms with Gasteiger partial charge in [-0.1, -0.05) is 30.8 Å². The number of aliphatic imine (C=N–C) groups is 1. The number of hydrogen-bond acceptors (Lipinski definition) is 5. The number of piperazine rings is 1. The molecule has 4 nitrogen and oxygen atoms in total. The molecule has 23 heavy (non-hydrogen) atoms. The highest BCUT2D eigenvalue weighted by molar-refractivity contribution is 9.10. The molecule has 3 heterocycles. The number of pyridine rings is 1. The van der Waals surface area contributed by atoms with Crippen molar-refractivity contribution in [3.8, 4) is 0 Å². The SMILES string of the molecule is CC1CN=C(N2CCN(c3ccc4cccc(Br)c4n3)CC2)S1. The second kappa shape index (κ2) is 6.32. The molecule has 1 saturated heterocycles. The zero-order chi connectivity index (χ0) is 15.8. The molecule has 1 aromatic heterocycles. The lowest BCUT2D eigenvalue weighted by atomic mass is 10.2. The molecule has 1 atom stereocenters. The highest BCUT2D eigenvalue weighted by Gasteiger charge is 2.25. The molecule has 0 N–H and O–H groups in total. The van der Waals surface area contributed by atoms with Gasteiger partial charge >= 0.3 is 0 Å². The van der Waals surface area contributed by atoms with E-state index in [4.69, 9.17) is 4.98 Å². The molecule has 1 unspecified atom stereocenters. The van der Waals surface area contributed by atoms with Crippen LogP contribution in [0.1, 0.15) is 6.92 Å². The highest BCUT2D eigenvalue weighted by atomic mass is 79.9. The minimum absolute atomic E-state index is 0.627. The summed E-state index contributed by atoms with van der Waals surface area (Å²) in [5, 5.41) is 3.03. The van der Waals surface area contributed by atoms with Crippen LogP contribution in [0.4, 0.5) is 5.82 Å². The Morgan fingerprint density at radius 2 is 1.87 bits per heavy atom. The van der Waals surface area contributed by atoms with Gasteiger partial charge in [0.15, 0.2) is 5.17 Å². The van der Waals surface area contributed by atoms with E-state index in [9.17, 15) is 0 Å². The first-order valence-corrected chi connectivity index (χ1v) is 9.64. The summed E-state index contributed by atoms with van der Waals surface area (Å²) >= 11 is 5.52. The molecule has 6 heteroatoms. The van der Waals surface area contributed by atoms with E-state index >= 15 is 0 Å². The summed E-state index contributed by atoms with van der Waals surface area (Å²) in [4.78, 5) is 14.3. The third kappa shape index (κ3) is 3.06. The average Bonchev–Trinajstić information content (AvgIpc) is 3.02. The van der Waals surface area contributed by atoms with Gasteiger partial charge in [0.25, 0.3) is 0 Å². The van der Waals surface area contributed by atoms with E-state index in [0.29, 0.717) is 5.25 Å². The minimum atomic E-state index is 0.627. The summed E-state index contributed by atoms with van der Waals surface area (Å²) in [7, 11) is 0. The molecule has 2 aliphatic rings. The number of rotatable bonds is 1. The van der Waals surface area contributed by atoms with E-state index < -0.39 is 0 Å². The Labute approximate surface area is 149 Å². The zero-order valence-electron chi connectivity index (χ0n) is 13.1. The van der Waals surface area contributed by atoms with E-state index in [-0.39, 0.29) is 0 Å². The van der Waals surface area contributed by atoms with Crippen LogP contribution in [-0.4, -0.2) is 53.0 Å². The number of hydrogen-bond donors (Lipinski definition) is 0. The molecule has 0 saturated carbocycles. The Morgan fingerprint density at radius 3 is 2.61 bits per heavy atom. The third-order valence-electron chi connectivity index (χ3n) is 4.32. The number of amidine groups is 1. The monoisotopic (exact) mass is 390 g/mol. The van der Waals surface area contributed by atoms with Gasteiger partial charge in [-0.25, -0.2) is 4.98 Å². The quantitative estimate of drug-likeness (QED) is 0.744. The number of aromatic nitrogens is 1. The first kappa shape index (κ1) is 15.3. The molecule has 0 radical (unpaired) electrons. The standard InChI is InChI=1S/C17H19BrN4S/c1-12-11-19-17(23-12)22-9-7-21(8-10-22)15-6-5-13-3-2-4-14(18)16(13)20-15/h2-6,12H,7-11H2,1H3. The van der Waals surface area contributed by atoms with Crippen LogP contribution in [0.2, 0.25) is 0 Å². The maximum Gasteiger partial charge on any atom is 0.159 e. The summed E-state index contributed by atoms with van der Waals surface area (Å²) in [6.07, 6.45) is 0. The molecule has 0 bridgehead atoms. The second-order valence-corrected chi connectivity index (χ2v) is 8.27. The third-order valence-corrected chi connectivity index (χ3v) is 6.11. The Morgan fingerprint density at radius 1 is 1.09 bits per heavy atom. The Kier molecular flexibility index (Phi) is 4.20. The summed E-state index contributed by atoms with van der Waals surface area (Å²) in [6, 6.07) is 10.5. The molecule has 120 valence electrons. The number of halogens is 1. The van der Waals surface area contributed by atoms with Crippen molar-refractivity contribution < 1.29 is 0 Å². The van der Waals surface area contributed by atoms with Crippen molar-refractivity contribution in [1.29, 1.82) is 0 Å². The van der Waals surface area contributed by atoms with E-state index in [2.05, 4.69) is 55.8 Å². The van der Waals surface area contributed by atoms with Gasteiger partial charge in [0.1, 0.15) is 5.82 Å². The van der Waals surface area contributed by atoms with Gasteiger partial charge < -0.3 is 9.80 Å². The smallest absolute Gasteiger partial charge is 0.159 e. The van der Waals surface area contributed by atoms with Crippen LogP contribution in [0.5, 0.6) is 0 Å². The number of benzene rings is 1. The van der Waals surface area contributed by atoms with Crippen molar-refractivity contribution >= 4 is 49.6 Å². The van der Waals surface area contributed by atoms with E-state index in [0.717, 1.165) is 48.5 Å². The fraction of sp³-hybridized carbons (Fsp3) is 0.412. The highest BCUT2D eigenvalue weighted by Crippen LogP contribution is 2.27. The topological polar surface area (TPSA) is 31.7 Å². The summed E-state index contributed by atoms with van der Waals surface area (Å²) in [5.74, 6) is 1.07. The normalized spacial score (nSPS) is 21.8. The van der Waals surface area contributed by atoms with Crippen LogP contribution in [0.3, 0.4) is 0 Å². The van der Waals surface area contributed by atoms with Crippen LogP contribution in [0, 0.1) is 0 Å². The Hall–Kier alpha value is -1.27. The predicted molar refractivity (Wildman–Crippen MR) is 103 cm³/mol. The number of fused-ring (bicyclic) bond motifs is 1. The molecule has 0 amide bonds. The number of para-hydroxylation sites is 1. The maximum absolute atomic E-state index is 4.86. The van der Waals surface area contributed by atoms with Gasteiger partial charge in [0.05, 0.1) is 12.1 Å². The van der Waals surface area contributed by atoms with Crippen LogP contribution in [0.25, 0.3) is 10.9 Å². The van der Waals surface area contributed by atoms with Gasteiger partial charge in [-0.05, 0) is 34.1 Å². The molecule has 0 spiro atoms. The molecular formula is C17H19BrN4S. The lowest BCUT2D eigenvalue weighted by Crippen LogP contribution is -2.48. The lowest BCUT2D eigenvalue weighted by Gasteiger charge is -2.36. The number of thioether (sulfide) groups is 1. The van der Waals surface area contributed by atoms with E-state index in [1.54, 1.807) is 0 Å². The summed E-state index contributed by atoms with van der Waals surface area (Å²) in [6.45, 7) is 7.24. The first-order chi connectivity index (χ1) is 11.2. The average molecular weight is 391 g/mol. The predicted octanol–water partition coefficient (Wildman–Crippen LogP) is 3.61. The van der Waals surface area contributed by atoms with Gasteiger partial charge in [-0.2, -0.15) is 0 Å². The second-order valence-electron chi connectivity index (χ2n) is 6.01. The fourth-order valence-electron chi connectivity index (χ4n) is 3.04. The molecule has 1 fully saturated rings. The lowest BCUT2D eigenvalue weighted by molar-refractivity contribution is 0.391. The van der Waals surface area contributed by atoms with Crippen molar-refractivity contribution in [1.82, 2.24) is 9.88 Å². The summed E-state index contributed by atoms with van der Waals surface area (Å²) < 4.78 is 1.06. The van der Waals surface area contributed by atoms with Gasteiger partial charge in [-0.3, -0.25) is 4.99 Å². The molecule has 4 rings (SSSR count). The zero-order valence-corrected chi connectivity index (χ0v) is 15.5. The van der Waals surface area contributed by atoms with E-state index in [1.165, 1.54) is 10.6 Å². The molecule has 2 aliphatic heterocycles. The summed E-state index contributed by atoms with van der Waals surface area (Å²) in [5.41, 5.74) is 1.04. The number of anilines is 1. The Balaban J connectivity index is 1.49. The van der Waals surface area contributed by atoms with Gasteiger partial charge in [-0.15, -0.1) is 0 Å². The first-order valence-electron chi connectivity index (χ1n) is 7.97. The largest absolute Gasteiger partial charge is 0.353 e. The van der Waals surface area contributed by atoms with E-state index in [1.807, 2.05) is 23.9 Å². The molecule has 0 aliphatic carbocycles. The Bertz CT molecular complexity index is 755. The van der Waals surface area contributed by atoms with Crippen molar-refractivity contribution in [3.05, 3.63) is 34.8 Å². The van der Waals surface area contributed by atoms with Crippen molar-refractivity contribution in [2.45, 2.75) is 12.2 Å². The van der Waals surface area contributed by atoms with Crippen LogP contribution < -0.4 is 4.90 Å². The van der Waals surface area contributed by atoms with Crippen LogP contribution in [-0.2, 0) is 0 Å².